The van der Waals surface area contributed by atoms with Gasteiger partial charge in [0.05, 0.1) is 17.9 Å². The molecule has 0 spiro atoms. The average Bonchev–Trinajstić information content (AvgIpc) is 2.90. The quantitative estimate of drug-likeness (QED) is 0.562. The molecule has 1 aromatic heterocycles. The van der Waals surface area contributed by atoms with Gasteiger partial charge in [0, 0.05) is 4.88 Å². The molecule has 2 rings (SSSR count). The van der Waals surface area contributed by atoms with Gasteiger partial charge in [-0.15, -0.1) is 17.9 Å². The first-order valence-corrected chi connectivity index (χ1v) is 11.2. The maximum Gasteiger partial charge on any atom is 0.341 e. The minimum Gasteiger partial charge on any atom is -0.462 e. The lowest BCUT2D eigenvalue weighted by atomic mass is 9.88. The second kappa shape index (κ2) is 8.35. The van der Waals surface area contributed by atoms with Gasteiger partial charge in [-0.1, -0.05) is 13.0 Å². The fourth-order valence-corrected chi connectivity index (χ4v) is 5.35. The third kappa shape index (κ3) is 4.35. The van der Waals surface area contributed by atoms with Crippen LogP contribution in [0.3, 0.4) is 0 Å². The van der Waals surface area contributed by atoms with Crippen LogP contribution in [0.4, 0.5) is 5.00 Å². The molecule has 0 saturated carbocycles. The summed E-state index contributed by atoms with van der Waals surface area (Å²) in [7, 11) is -3.63. The maximum absolute atomic E-state index is 12.5. The molecule has 6 nitrogen and oxygen atoms in total. The third-order valence-corrected chi connectivity index (χ3v) is 7.65. The van der Waals surface area contributed by atoms with Crippen molar-refractivity contribution < 1.29 is 22.7 Å². The first-order chi connectivity index (χ1) is 12.2. The topological polar surface area (TPSA) is 89.5 Å². The van der Waals surface area contributed by atoms with E-state index in [1.807, 2.05) is 0 Å². The van der Waals surface area contributed by atoms with Gasteiger partial charge in [-0.2, -0.15) is 0 Å². The summed E-state index contributed by atoms with van der Waals surface area (Å²) in [5.41, 5.74) is 1.30. The predicted octanol–water partition coefficient (Wildman–Crippen LogP) is 2.98. The number of fused-ring (bicyclic) bond motifs is 1. The van der Waals surface area contributed by atoms with Crippen molar-refractivity contribution in [1.82, 2.24) is 0 Å². The van der Waals surface area contributed by atoms with E-state index in [9.17, 15) is 18.0 Å². The number of anilines is 1. The molecule has 0 aromatic carbocycles. The van der Waals surface area contributed by atoms with Crippen molar-refractivity contribution in [2.45, 2.75) is 45.3 Å². The lowest BCUT2D eigenvalue weighted by molar-refractivity contribution is -0.115. The molecule has 1 aromatic rings. The van der Waals surface area contributed by atoms with Crippen LogP contribution >= 0.6 is 11.3 Å². The van der Waals surface area contributed by atoms with Gasteiger partial charge < -0.3 is 10.1 Å². The molecular weight excluding hydrogens is 374 g/mol. The highest BCUT2D eigenvalue weighted by Gasteiger charge is 2.32. The van der Waals surface area contributed by atoms with Gasteiger partial charge in [0.2, 0.25) is 5.91 Å². The van der Waals surface area contributed by atoms with Crippen LogP contribution in [0.2, 0.25) is 0 Å². The van der Waals surface area contributed by atoms with Gasteiger partial charge in [-0.3, -0.25) is 4.79 Å². The van der Waals surface area contributed by atoms with Gasteiger partial charge in [-0.25, -0.2) is 13.2 Å². The first kappa shape index (κ1) is 20.6. The van der Waals surface area contributed by atoms with E-state index in [0.717, 1.165) is 29.7 Å². The number of carbonyl (C=O) groups is 2. The summed E-state index contributed by atoms with van der Waals surface area (Å²) in [5, 5.41) is 1.81. The molecule has 2 unspecified atom stereocenters. The van der Waals surface area contributed by atoms with Gasteiger partial charge in [-0.05, 0) is 44.6 Å². The molecule has 0 aliphatic heterocycles. The summed E-state index contributed by atoms with van der Waals surface area (Å²) in [6.07, 6.45) is 3.82. The fraction of sp³-hybridized carbons (Fsp3) is 0.556. The van der Waals surface area contributed by atoms with E-state index in [-0.39, 0.29) is 12.4 Å². The number of hydrogen-bond acceptors (Lipinski definition) is 6. The van der Waals surface area contributed by atoms with Gasteiger partial charge in [0.1, 0.15) is 10.3 Å². The Kier molecular flexibility index (Phi) is 6.63. The zero-order valence-electron chi connectivity index (χ0n) is 15.3. The summed E-state index contributed by atoms with van der Waals surface area (Å²) < 4.78 is 29.4. The van der Waals surface area contributed by atoms with Crippen molar-refractivity contribution in [2.75, 3.05) is 17.7 Å². The van der Waals surface area contributed by atoms with Crippen molar-refractivity contribution in [1.29, 1.82) is 0 Å². The van der Waals surface area contributed by atoms with E-state index < -0.39 is 27.0 Å². The van der Waals surface area contributed by atoms with Crippen molar-refractivity contribution in [3.63, 3.8) is 0 Å². The van der Waals surface area contributed by atoms with Crippen molar-refractivity contribution in [2.24, 2.45) is 5.92 Å². The highest BCUT2D eigenvalue weighted by Crippen LogP contribution is 2.40. The van der Waals surface area contributed by atoms with Crippen LogP contribution in [0.1, 0.15) is 48.0 Å². The van der Waals surface area contributed by atoms with E-state index in [0.29, 0.717) is 16.5 Å². The Labute approximate surface area is 158 Å². The fourth-order valence-electron chi connectivity index (χ4n) is 2.94. The van der Waals surface area contributed by atoms with Crippen LogP contribution in [-0.4, -0.2) is 37.9 Å². The van der Waals surface area contributed by atoms with Crippen LogP contribution in [0.5, 0.6) is 0 Å². The molecular formula is C18H25NO5S2. The number of amides is 1. The Morgan fingerprint density at radius 3 is 2.77 bits per heavy atom. The standard InChI is InChI=1S/C18H25NO5S2/c1-5-9-26(22,23)12(4)16(20)19-17-15(18(21)24-6-2)13-8-7-11(3)10-14(13)25-17/h5,11-12H,1,6-10H2,2-4H3,(H,19,20). The van der Waals surface area contributed by atoms with Crippen molar-refractivity contribution in [3.8, 4) is 0 Å². The van der Waals surface area contributed by atoms with Crippen molar-refractivity contribution in [3.05, 3.63) is 28.7 Å². The molecule has 2 atom stereocenters. The molecule has 144 valence electrons. The SMILES string of the molecule is C=CCS(=O)(=O)C(C)C(=O)Nc1sc2c(c1C(=O)OCC)CCC(C)C2. The monoisotopic (exact) mass is 399 g/mol. The Hall–Kier alpha value is -1.67. The number of rotatable bonds is 7. The summed E-state index contributed by atoms with van der Waals surface area (Å²) in [5.74, 6) is -0.891. The predicted molar refractivity (Wildman–Crippen MR) is 104 cm³/mol. The maximum atomic E-state index is 12.5. The Balaban J connectivity index is 2.35. The Bertz CT molecular complexity index is 810. The summed E-state index contributed by atoms with van der Waals surface area (Å²) in [6.45, 7) is 8.86. The van der Waals surface area contributed by atoms with Crippen LogP contribution in [-0.2, 0) is 32.2 Å². The summed E-state index contributed by atoms with van der Waals surface area (Å²) >= 11 is 1.34. The molecule has 1 amide bonds. The molecule has 1 heterocycles. The second-order valence-electron chi connectivity index (χ2n) is 6.53. The van der Waals surface area contributed by atoms with E-state index in [2.05, 4.69) is 18.8 Å². The first-order valence-electron chi connectivity index (χ1n) is 8.66. The van der Waals surface area contributed by atoms with Gasteiger partial charge in [0.15, 0.2) is 9.84 Å². The summed E-state index contributed by atoms with van der Waals surface area (Å²) in [6, 6.07) is 0. The average molecular weight is 400 g/mol. The smallest absolute Gasteiger partial charge is 0.341 e. The minimum absolute atomic E-state index is 0.233. The number of thiophene rings is 1. The highest BCUT2D eigenvalue weighted by atomic mass is 32.2. The lowest BCUT2D eigenvalue weighted by Crippen LogP contribution is -2.34. The van der Waals surface area contributed by atoms with E-state index in [1.54, 1.807) is 6.92 Å². The van der Waals surface area contributed by atoms with E-state index in [1.165, 1.54) is 24.3 Å². The largest absolute Gasteiger partial charge is 0.462 e. The summed E-state index contributed by atoms with van der Waals surface area (Å²) in [4.78, 5) is 26.0. The van der Waals surface area contributed by atoms with Gasteiger partial charge in [0.25, 0.3) is 0 Å². The Morgan fingerprint density at radius 2 is 2.15 bits per heavy atom. The molecule has 0 saturated heterocycles. The second-order valence-corrected chi connectivity index (χ2v) is 10.00. The number of ether oxygens (including phenoxy) is 1. The van der Waals surface area contributed by atoms with Crippen molar-refractivity contribution >= 4 is 38.1 Å². The van der Waals surface area contributed by atoms with Crippen LogP contribution in [0.15, 0.2) is 12.7 Å². The molecule has 26 heavy (non-hydrogen) atoms. The van der Waals surface area contributed by atoms with E-state index >= 15 is 0 Å². The zero-order chi connectivity index (χ0) is 19.5. The number of esters is 1. The number of nitrogens with one attached hydrogen (secondary N) is 1. The minimum atomic E-state index is -3.63. The molecule has 1 aliphatic rings. The normalized spacial score (nSPS) is 17.9. The molecule has 1 aliphatic carbocycles. The molecule has 0 radical (unpaired) electrons. The van der Waals surface area contributed by atoms with Gasteiger partial charge >= 0.3 is 5.97 Å². The molecule has 0 bridgehead atoms. The highest BCUT2D eigenvalue weighted by molar-refractivity contribution is 7.92. The Morgan fingerprint density at radius 1 is 1.46 bits per heavy atom. The van der Waals surface area contributed by atoms with Crippen LogP contribution in [0, 0.1) is 5.92 Å². The van der Waals surface area contributed by atoms with E-state index in [4.69, 9.17) is 4.74 Å². The molecule has 0 fully saturated rings. The number of carbonyl (C=O) groups excluding carboxylic acids is 2. The number of sulfone groups is 1. The third-order valence-electron chi connectivity index (χ3n) is 4.49. The molecule has 1 N–H and O–H groups in total. The van der Waals surface area contributed by atoms with Crippen LogP contribution < -0.4 is 5.32 Å². The lowest BCUT2D eigenvalue weighted by Gasteiger charge is -2.18. The molecule has 8 heteroatoms. The number of hydrogen-bond donors (Lipinski definition) is 1. The van der Waals surface area contributed by atoms with Crippen LogP contribution in [0.25, 0.3) is 0 Å². The zero-order valence-corrected chi connectivity index (χ0v) is 17.0.